The normalized spacial score (nSPS) is 11.9. The second-order valence-electron chi connectivity index (χ2n) is 7.04. The number of halogens is 1. The van der Waals surface area contributed by atoms with E-state index in [1.165, 1.54) is 0 Å². The van der Waals surface area contributed by atoms with E-state index in [0.29, 0.717) is 29.6 Å². The molecule has 4 rings (SSSR count). The van der Waals surface area contributed by atoms with Gasteiger partial charge in [0.05, 0.1) is 19.9 Å². The fourth-order valence-electron chi connectivity index (χ4n) is 3.03. The highest BCUT2D eigenvalue weighted by Crippen LogP contribution is 2.34. The molecule has 1 amide bonds. The second kappa shape index (κ2) is 10.7. The Balaban J connectivity index is 1.27. The number of fused-ring (bicyclic) bond motifs is 1. The van der Waals surface area contributed by atoms with Crippen molar-refractivity contribution in [3.8, 4) is 23.0 Å². The molecule has 33 heavy (non-hydrogen) atoms. The van der Waals surface area contributed by atoms with Crippen LogP contribution in [-0.2, 0) is 11.4 Å². The molecule has 2 N–H and O–H groups in total. The standard InChI is InChI=1S/C24H22BrN3O5/c1-30-22-10-17(4-8-20(22)31-14-16-2-5-18(25)6-3-16)12-27-28-24(29)13-26-19-7-9-21-23(11-19)33-15-32-21/h2-12,26H,13-15H2,1H3,(H,28,29). The molecule has 9 heteroatoms. The molecule has 0 aliphatic carbocycles. The third kappa shape index (κ3) is 6.17. The Morgan fingerprint density at radius 3 is 2.70 bits per heavy atom. The number of nitrogens with zero attached hydrogens (tertiary/aromatic N) is 1. The molecule has 1 aliphatic rings. The molecular formula is C24H22BrN3O5. The van der Waals surface area contributed by atoms with Crippen molar-refractivity contribution in [3.05, 3.63) is 76.3 Å². The van der Waals surface area contributed by atoms with E-state index < -0.39 is 0 Å². The molecule has 0 aromatic heterocycles. The van der Waals surface area contributed by atoms with Gasteiger partial charge in [0.25, 0.3) is 5.91 Å². The zero-order valence-corrected chi connectivity index (χ0v) is 19.4. The van der Waals surface area contributed by atoms with E-state index in [1.807, 2.05) is 42.5 Å². The van der Waals surface area contributed by atoms with Gasteiger partial charge in [0.2, 0.25) is 6.79 Å². The highest BCUT2D eigenvalue weighted by atomic mass is 79.9. The number of carbonyl (C=O) groups is 1. The average Bonchev–Trinajstić information content (AvgIpc) is 3.31. The Morgan fingerprint density at radius 1 is 1.06 bits per heavy atom. The maximum absolute atomic E-state index is 12.1. The van der Waals surface area contributed by atoms with Gasteiger partial charge >= 0.3 is 0 Å². The molecule has 0 fully saturated rings. The fourth-order valence-corrected chi connectivity index (χ4v) is 3.30. The maximum Gasteiger partial charge on any atom is 0.259 e. The van der Waals surface area contributed by atoms with E-state index in [9.17, 15) is 4.79 Å². The van der Waals surface area contributed by atoms with Gasteiger partial charge in [-0.25, -0.2) is 5.43 Å². The summed E-state index contributed by atoms with van der Waals surface area (Å²) in [5.41, 5.74) is 5.05. The van der Waals surface area contributed by atoms with Crippen molar-refractivity contribution in [1.82, 2.24) is 5.43 Å². The molecule has 0 unspecified atom stereocenters. The van der Waals surface area contributed by atoms with E-state index >= 15 is 0 Å². The topological polar surface area (TPSA) is 90.4 Å². The number of hydrazone groups is 1. The molecule has 0 saturated heterocycles. The summed E-state index contributed by atoms with van der Waals surface area (Å²) in [5.74, 6) is 2.25. The summed E-state index contributed by atoms with van der Waals surface area (Å²) in [6, 6.07) is 18.7. The molecule has 0 radical (unpaired) electrons. The number of rotatable bonds is 9. The zero-order chi connectivity index (χ0) is 23.0. The first-order valence-corrected chi connectivity index (χ1v) is 10.9. The SMILES string of the molecule is COc1cc(C=NNC(=O)CNc2ccc3c(c2)OCO3)ccc1OCc1ccc(Br)cc1. The van der Waals surface area contributed by atoms with Crippen LogP contribution in [0.1, 0.15) is 11.1 Å². The Hall–Kier alpha value is -3.72. The summed E-state index contributed by atoms with van der Waals surface area (Å²) in [5, 5.41) is 7.03. The van der Waals surface area contributed by atoms with Crippen LogP contribution in [0.15, 0.2) is 70.2 Å². The van der Waals surface area contributed by atoms with E-state index in [0.717, 1.165) is 21.3 Å². The number of amides is 1. The van der Waals surface area contributed by atoms with Gasteiger partial charge in [0.1, 0.15) is 6.61 Å². The Labute approximate surface area is 199 Å². The summed E-state index contributed by atoms with van der Waals surface area (Å²) in [6.07, 6.45) is 1.54. The predicted octanol–water partition coefficient (Wildman–Crippen LogP) is 4.33. The van der Waals surface area contributed by atoms with Crippen LogP contribution < -0.4 is 29.7 Å². The van der Waals surface area contributed by atoms with Crippen molar-refractivity contribution < 1.29 is 23.7 Å². The van der Waals surface area contributed by atoms with Gasteiger partial charge in [-0.2, -0.15) is 5.10 Å². The molecule has 1 aliphatic heterocycles. The molecule has 3 aromatic rings. The second-order valence-corrected chi connectivity index (χ2v) is 7.96. The third-order valence-electron chi connectivity index (χ3n) is 4.72. The van der Waals surface area contributed by atoms with Crippen LogP contribution in [0, 0.1) is 0 Å². The number of methoxy groups -OCH3 is 1. The van der Waals surface area contributed by atoms with Crippen LogP contribution in [0.4, 0.5) is 5.69 Å². The lowest BCUT2D eigenvalue weighted by molar-refractivity contribution is -0.119. The van der Waals surface area contributed by atoms with E-state index in [-0.39, 0.29) is 19.2 Å². The lowest BCUT2D eigenvalue weighted by Gasteiger charge is -2.11. The highest BCUT2D eigenvalue weighted by molar-refractivity contribution is 9.10. The van der Waals surface area contributed by atoms with Gasteiger partial charge in [-0.05, 0) is 53.6 Å². The molecule has 1 heterocycles. The number of carbonyl (C=O) groups excluding carboxylic acids is 1. The lowest BCUT2D eigenvalue weighted by Crippen LogP contribution is -2.25. The Bertz CT molecular complexity index is 1150. The Kier molecular flexibility index (Phi) is 7.31. The Morgan fingerprint density at radius 2 is 1.88 bits per heavy atom. The molecule has 170 valence electrons. The van der Waals surface area contributed by atoms with E-state index in [2.05, 4.69) is 31.8 Å². The third-order valence-corrected chi connectivity index (χ3v) is 5.25. The molecule has 0 bridgehead atoms. The summed E-state index contributed by atoms with van der Waals surface area (Å²) in [6.45, 7) is 0.684. The molecule has 0 spiro atoms. The first-order chi connectivity index (χ1) is 16.1. The molecule has 0 saturated carbocycles. The number of hydrogen-bond donors (Lipinski definition) is 2. The van der Waals surface area contributed by atoms with Crippen LogP contribution in [0.5, 0.6) is 23.0 Å². The van der Waals surface area contributed by atoms with Gasteiger partial charge in [0, 0.05) is 16.2 Å². The van der Waals surface area contributed by atoms with Crippen LogP contribution in [0.25, 0.3) is 0 Å². The minimum atomic E-state index is -0.287. The number of ether oxygens (including phenoxy) is 4. The molecular weight excluding hydrogens is 490 g/mol. The van der Waals surface area contributed by atoms with Crippen molar-refractivity contribution in [2.75, 3.05) is 25.8 Å². The van der Waals surface area contributed by atoms with Crippen molar-refractivity contribution in [3.63, 3.8) is 0 Å². The predicted molar refractivity (Wildman–Crippen MR) is 128 cm³/mol. The number of nitrogens with one attached hydrogen (secondary N) is 2. The van der Waals surface area contributed by atoms with Gasteiger partial charge in [0.15, 0.2) is 23.0 Å². The summed E-state index contributed by atoms with van der Waals surface area (Å²) >= 11 is 3.42. The molecule has 0 atom stereocenters. The fraction of sp³-hybridized carbons (Fsp3) is 0.167. The van der Waals surface area contributed by atoms with Gasteiger partial charge < -0.3 is 24.3 Å². The van der Waals surface area contributed by atoms with E-state index in [4.69, 9.17) is 18.9 Å². The molecule has 3 aromatic carbocycles. The maximum atomic E-state index is 12.1. The minimum absolute atomic E-state index is 0.0587. The largest absolute Gasteiger partial charge is 0.493 e. The van der Waals surface area contributed by atoms with E-state index in [1.54, 1.807) is 31.5 Å². The first kappa shape index (κ1) is 22.5. The first-order valence-electron chi connectivity index (χ1n) is 10.1. The zero-order valence-electron chi connectivity index (χ0n) is 17.8. The number of benzene rings is 3. The monoisotopic (exact) mass is 511 g/mol. The number of anilines is 1. The van der Waals surface area contributed by atoms with Crippen molar-refractivity contribution >= 4 is 33.7 Å². The smallest absolute Gasteiger partial charge is 0.259 e. The average molecular weight is 512 g/mol. The summed E-state index contributed by atoms with van der Waals surface area (Å²) in [4.78, 5) is 12.1. The van der Waals surface area contributed by atoms with Crippen LogP contribution >= 0.6 is 15.9 Å². The minimum Gasteiger partial charge on any atom is -0.493 e. The summed E-state index contributed by atoms with van der Waals surface area (Å²) in [7, 11) is 1.58. The molecule has 8 nitrogen and oxygen atoms in total. The quantitative estimate of drug-likeness (QED) is 0.328. The number of hydrogen-bond acceptors (Lipinski definition) is 7. The van der Waals surface area contributed by atoms with Gasteiger partial charge in [-0.1, -0.05) is 28.1 Å². The van der Waals surface area contributed by atoms with Crippen LogP contribution in [-0.4, -0.2) is 32.6 Å². The lowest BCUT2D eigenvalue weighted by atomic mass is 10.2. The van der Waals surface area contributed by atoms with Gasteiger partial charge in [-0.15, -0.1) is 0 Å². The van der Waals surface area contributed by atoms with Gasteiger partial charge in [-0.3, -0.25) is 4.79 Å². The summed E-state index contributed by atoms with van der Waals surface area (Å²) < 4.78 is 22.9. The van der Waals surface area contributed by atoms with Crippen molar-refractivity contribution in [2.24, 2.45) is 5.10 Å². The van der Waals surface area contributed by atoms with Crippen molar-refractivity contribution in [1.29, 1.82) is 0 Å². The van der Waals surface area contributed by atoms with Crippen LogP contribution in [0.2, 0.25) is 0 Å². The highest BCUT2D eigenvalue weighted by Gasteiger charge is 2.13. The van der Waals surface area contributed by atoms with Crippen LogP contribution in [0.3, 0.4) is 0 Å². The van der Waals surface area contributed by atoms with Crippen molar-refractivity contribution in [2.45, 2.75) is 6.61 Å².